The SMILES string of the molecule is CC1C2=C(CCC[CH-]2)C2=C1CCCC2.CC1C2=C(CCC[CH-]2)C2=C1CCCC2.CC1C2=C(CCC[CH-]2)C2=C1CCCC2.[Cl-].[Cl-].[Cl-].[Ti+2].[Ti+2].[Ti+2]. The zero-order valence-electron chi connectivity index (χ0n) is 29.9. The Hall–Kier alpha value is 1.06. The molecule has 3 atom stereocenters. The minimum absolute atomic E-state index is 0. The van der Waals surface area contributed by atoms with E-state index in [9.17, 15) is 0 Å². The van der Waals surface area contributed by atoms with Crippen LogP contribution in [0.4, 0.5) is 0 Å². The second kappa shape index (κ2) is 21.7. The second-order valence-corrected chi connectivity index (χ2v) is 14.9. The van der Waals surface area contributed by atoms with Crippen LogP contribution in [0.5, 0.6) is 0 Å². The standard InChI is InChI=1S/3C14H19.3ClH.3Ti/c3*1-10-11-6-2-4-8-13(11)14-9-5-3-7-12(10)14;;;;;;/h3*6,10H,2-5,7-9H2,1H3;3*1H;;;/q3*-1;;;;3*+2/p-3. The van der Waals surface area contributed by atoms with E-state index < -0.39 is 0 Å². The van der Waals surface area contributed by atoms with Crippen LogP contribution in [0.25, 0.3) is 0 Å². The van der Waals surface area contributed by atoms with Crippen molar-refractivity contribution in [3.8, 4) is 0 Å². The van der Waals surface area contributed by atoms with E-state index in [1.54, 1.807) is 66.9 Å². The van der Waals surface area contributed by atoms with Crippen LogP contribution in [-0.2, 0) is 65.2 Å². The van der Waals surface area contributed by atoms with Gasteiger partial charge in [0, 0.05) is 0 Å². The number of hydrogen-bond donors (Lipinski definition) is 0. The number of halogens is 3. The van der Waals surface area contributed by atoms with Crippen molar-refractivity contribution in [2.75, 3.05) is 0 Å². The van der Waals surface area contributed by atoms with E-state index in [-0.39, 0.29) is 102 Å². The van der Waals surface area contributed by atoms with Crippen molar-refractivity contribution in [1.82, 2.24) is 0 Å². The third-order valence-corrected chi connectivity index (χ3v) is 12.6. The molecule has 0 saturated carbocycles. The number of hydrogen-bond acceptors (Lipinski definition) is 0. The molecule has 6 heteroatoms. The normalized spacial score (nSPS) is 27.4. The molecule has 0 saturated heterocycles. The smallest absolute Gasteiger partial charge is 1.00 e. The van der Waals surface area contributed by atoms with Gasteiger partial charge >= 0.3 is 65.2 Å². The molecule has 0 fully saturated rings. The zero-order valence-corrected chi connectivity index (χ0v) is 36.9. The van der Waals surface area contributed by atoms with Gasteiger partial charge in [-0.2, -0.15) is 16.7 Å². The Morgan fingerprint density at radius 1 is 0.333 bits per heavy atom. The molecule has 0 bridgehead atoms. The maximum absolute atomic E-state index is 2.52. The predicted molar refractivity (Wildman–Crippen MR) is 180 cm³/mol. The van der Waals surface area contributed by atoms with Crippen molar-refractivity contribution >= 4 is 0 Å². The molecule has 0 aromatic heterocycles. The Morgan fingerprint density at radius 3 is 0.833 bits per heavy atom. The number of fused-ring (bicyclic) bond motifs is 3. The first kappa shape index (κ1) is 47.1. The predicted octanol–water partition coefficient (Wildman–Crippen LogP) is 3.58. The Balaban J connectivity index is 0.000000339. The summed E-state index contributed by atoms with van der Waals surface area (Å²) in [5.41, 5.74) is 21.2. The summed E-state index contributed by atoms with van der Waals surface area (Å²) in [6.07, 6.45) is 36.7. The van der Waals surface area contributed by atoms with E-state index in [2.05, 4.69) is 40.0 Å². The fourth-order valence-electron chi connectivity index (χ4n) is 10.5. The van der Waals surface area contributed by atoms with Gasteiger partial charge in [-0.3, -0.25) is 0 Å². The van der Waals surface area contributed by atoms with Crippen molar-refractivity contribution in [2.45, 2.75) is 156 Å². The quantitative estimate of drug-likeness (QED) is 0.260. The van der Waals surface area contributed by atoms with Crippen molar-refractivity contribution < 1.29 is 102 Å². The monoisotopic (exact) mass is 810 g/mol. The third kappa shape index (κ3) is 9.40. The average Bonchev–Trinajstić information content (AvgIpc) is 3.64. The summed E-state index contributed by atoms with van der Waals surface area (Å²) >= 11 is 0. The molecule has 0 nitrogen and oxygen atoms in total. The third-order valence-electron chi connectivity index (χ3n) is 12.6. The molecule has 3 unspecified atom stereocenters. The Labute approximate surface area is 358 Å². The molecule has 9 rings (SSSR count). The summed E-state index contributed by atoms with van der Waals surface area (Å²) in [7, 11) is 0. The molecule has 0 N–H and O–H groups in total. The molecular weight excluding hydrogens is 754 g/mol. The van der Waals surface area contributed by atoms with Gasteiger partial charge in [0.05, 0.1) is 0 Å². The van der Waals surface area contributed by atoms with Crippen LogP contribution in [0.15, 0.2) is 66.9 Å². The zero-order chi connectivity index (χ0) is 28.6. The molecule has 0 amide bonds. The van der Waals surface area contributed by atoms with E-state index in [0.29, 0.717) is 0 Å². The molecular formula is C42H57Cl3Ti3. The molecule has 258 valence electrons. The first-order valence-electron chi connectivity index (χ1n) is 18.5. The van der Waals surface area contributed by atoms with Gasteiger partial charge in [0.2, 0.25) is 0 Å². The van der Waals surface area contributed by atoms with Crippen LogP contribution in [-0.4, -0.2) is 0 Å². The summed E-state index contributed by atoms with van der Waals surface area (Å²) in [6, 6.07) is 0. The fraction of sp³-hybridized carbons (Fsp3) is 0.643. The summed E-state index contributed by atoms with van der Waals surface area (Å²) in [6.45, 7) is 7.26. The topological polar surface area (TPSA) is 0 Å². The Kier molecular flexibility index (Phi) is 21.3. The summed E-state index contributed by atoms with van der Waals surface area (Å²) in [5, 5.41) is 0. The first-order valence-corrected chi connectivity index (χ1v) is 18.5. The minimum Gasteiger partial charge on any atom is -1.00 e. The molecule has 0 aromatic rings. The van der Waals surface area contributed by atoms with Gasteiger partial charge in [0.1, 0.15) is 0 Å². The van der Waals surface area contributed by atoms with Crippen LogP contribution < -0.4 is 37.2 Å². The molecule has 0 heterocycles. The van der Waals surface area contributed by atoms with Crippen molar-refractivity contribution in [3.05, 3.63) is 86.1 Å². The molecule has 9 aliphatic carbocycles. The summed E-state index contributed by atoms with van der Waals surface area (Å²) < 4.78 is 0. The minimum atomic E-state index is 0. The van der Waals surface area contributed by atoms with E-state index in [1.165, 1.54) is 135 Å². The average molecular weight is 812 g/mol. The van der Waals surface area contributed by atoms with Gasteiger partial charge in [0.25, 0.3) is 0 Å². The molecule has 0 radical (unpaired) electrons. The molecule has 0 aromatic carbocycles. The largest absolute Gasteiger partial charge is 2.00 e. The maximum Gasteiger partial charge on any atom is 2.00 e. The van der Waals surface area contributed by atoms with E-state index in [4.69, 9.17) is 0 Å². The number of rotatable bonds is 0. The number of allylic oxidation sites excluding steroid dienone is 12. The first-order chi connectivity index (χ1) is 20.6. The van der Waals surface area contributed by atoms with Crippen LogP contribution >= 0.6 is 0 Å². The van der Waals surface area contributed by atoms with Gasteiger partial charge in [-0.25, -0.2) is 36.0 Å². The second-order valence-electron chi connectivity index (χ2n) is 14.9. The van der Waals surface area contributed by atoms with E-state index in [1.807, 2.05) is 0 Å². The van der Waals surface area contributed by atoms with Crippen LogP contribution in [0.1, 0.15) is 156 Å². The molecule has 0 spiro atoms. The Bertz CT molecular complexity index is 1040. The molecule has 9 aliphatic rings. The molecule has 48 heavy (non-hydrogen) atoms. The summed E-state index contributed by atoms with van der Waals surface area (Å²) in [4.78, 5) is 0. The van der Waals surface area contributed by atoms with Gasteiger partial charge in [-0.05, 0) is 75.5 Å². The molecule has 0 aliphatic heterocycles. The van der Waals surface area contributed by atoms with Gasteiger partial charge in [0.15, 0.2) is 0 Å². The van der Waals surface area contributed by atoms with Gasteiger partial charge < -0.3 is 37.2 Å². The van der Waals surface area contributed by atoms with Gasteiger partial charge in [-0.15, -0.1) is 36.0 Å². The van der Waals surface area contributed by atoms with E-state index in [0.717, 1.165) is 17.8 Å². The fourth-order valence-corrected chi connectivity index (χ4v) is 10.5. The van der Waals surface area contributed by atoms with Crippen molar-refractivity contribution in [3.63, 3.8) is 0 Å². The Morgan fingerprint density at radius 2 is 0.562 bits per heavy atom. The van der Waals surface area contributed by atoms with Crippen molar-refractivity contribution in [2.24, 2.45) is 17.8 Å². The van der Waals surface area contributed by atoms with Gasteiger partial charge in [-0.1, -0.05) is 95.3 Å². The van der Waals surface area contributed by atoms with E-state index >= 15 is 0 Å². The van der Waals surface area contributed by atoms with Crippen molar-refractivity contribution in [1.29, 1.82) is 0 Å². The summed E-state index contributed by atoms with van der Waals surface area (Å²) in [5.74, 6) is 2.33. The van der Waals surface area contributed by atoms with Crippen LogP contribution in [0, 0.1) is 37.0 Å². The van der Waals surface area contributed by atoms with Crippen LogP contribution in [0.2, 0.25) is 0 Å². The maximum atomic E-state index is 2.52. The van der Waals surface area contributed by atoms with Crippen LogP contribution in [0.3, 0.4) is 0 Å².